The van der Waals surface area contributed by atoms with Crippen LogP contribution in [0.2, 0.25) is 0 Å². The Morgan fingerprint density at radius 2 is 1.85 bits per heavy atom. The summed E-state index contributed by atoms with van der Waals surface area (Å²) >= 11 is 1.77. The first-order valence-electron chi connectivity index (χ1n) is 8.66. The summed E-state index contributed by atoms with van der Waals surface area (Å²) in [6, 6.07) is 12.2. The predicted molar refractivity (Wildman–Crippen MR) is 104 cm³/mol. The molecule has 0 N–H and O–H groups in total. The molecule has 6 nitrogen and oxygen atoms in total. The van der Waals surface area contributed by atoms with Crippen LogP contribution in [0.4, 0.5) is 5.95 Å². The molecule has 0 amide bonds. The van der Waals surface area contributed by atoms with Crippen molar-refractivity contribution in [2.75, 3.05) is 38.2 Å². The van der Waals surface area contributed by atoms with Gasteiger partial charge in [0.1, 0.15) is 5.01 Å². The summed E-state index contributed by atoms with van der Waals surface area (Å²) in [6.07, 6.45) is 3.73. The summed E-state index contributed by atoms with van der Waals surface area (Å²) in [7, 11) is 1.63. The van der Waals surface area contributed by atoms with Gasteiger partial charge in [0.2, 0.25) is 11.8 Å². The molecule has 1 aliphatic heterocycles. The molecule has 3 aromatic rings. The molecule has 1 saturated heterocycles. The first-order valence-corrected chi connectivity index (χ1v) is 9.48. The summed E-state index contributed by atoms with van der Waals surface area (Å²) in [4.78, 5) is 19.3. The summed E-state index contributed by atoms with van der Waals surface area (Å²) in [5.74, 6) is 1.35. The minimum atomic E-state index is 0.605. The molecule has 0 bridgehead atoms. The zero-order valence-corrected chi connectivity index (χ0v) is 15.5. The van der Waals surface area contributed by atoms with Crippen LogP contribution in [0, 0.1) is 0 Å². The molecule has 0 radical (unpaired) electrons. The first-order chi connectivity index (χ1) is 12.8. The molecule has 1 fully saturated rings. The van der Waals surface area contributed by atoms with Crippen molar-refractivity contribution in [2.24, 2.45) is 0 Å². The van der Waals surface area contributed by atoms with Crippen molar-refractivity contribution in [3.63, 3.8) is 0 Å². The van der Waals surface area contributed by atoms with E-state index in [1.807, 2.05) is 12.3 Å². The second-order valence-corrected chi connectivity index (χ2v) is 7.26. The third kappa shape index (κ3) is 3.84. The van der Waals surface area contributed by atoms with Crippen molar-refractivity contribution < 1.29 is 4.74 Å². The van der Waals surface area contributed by atoms with Crippen LogP contribution < -0.4 is 9.64 Å². The lowest BCUT2D eigenvalue weighted by Crippen LogP contribution is -2.46. The Balaban J connectivity index is 1.35. The quantitative estimate of drug-likeness (QED) is 0.691. The maximum Gasteiger partial charge on any atom is 0.228 e. The smallest absolute Gasteiger partial charge is 0.228 e. The van der Waals surface area contributed by atoms with Gasteiger partial charge in [-0.15, -0.1) is 11.3 Å². The van der Waals surface area contributed by atoms with Crippen molar-refractivity contribution in [3.8, 4) is 16.3 Å². The van der Waals surface area contributed by atoms with Crippen LogP contribution in [0.5, 0.6) is 5.88 Å². The maximum absolute atomic E-state index is 5.19. The number of piperazine rings is 1. The maximum atomic E-state index is 5.19. The topological polar surface area (TPSA) is 54.4 Å². The standard InChI is InChI=1S/C19H21N5OS/c1-25-17-7-8-20-19(22-17)24-11-9-23(10-12-24)14-18-21-13-16(26-18)15-5-3-2-4-6-15/h2-8,13H,9-12,14H2,1H3. The minimum Gasteiger partial charge on any atom is -0.481 e. The minimum absolute atomic E-state index is 0.605. The van der Waals surface area contributed by atoms with E-state index in [0.717, 1.165) is 43.7 Å². The molecule has 26 heavy (non-hydrogen) atoms. The molecular formula is C19H21N5OS. The van der Waals surface area contributed by atoms with Crippen LogP contribution >= 0.6 is 11.3 Å². The van der Waals surface area contributed by atoms with Crippen molar-refractivity contribution in [1.29, 1.82) is 0 Å². The zero-order chi connectivity index (χ0) is 17.8. The average Bonchev–Trinajstić information content (AvgIpc) is 3.18. The fourth-order valence-corrected chi connectivity index (χ4v) is 3.98. The third-order valence-electron chi connectivity index (χ3n) is 4.45. The molecule has 0 saturated carbocycles. The molecule has 3 heterocycles. The molecule has 2 aromatic heterocycles. The van der Waals surface area contributed by atoms with Crippen LogP contribution in [0.1, 0.15) is 5.01 Å². The summed E-state index contributed by atoms with van der Waals surface area (Å²) in [5.41, 5.74) is 1.23. The Morgan fingerprint density at radius 3 is 2.62 bits per heavy atom. The van der Waals surface area contributed by atoms with Gasteiger partial charge < -0.3 is 9.64 Å². The molecular weight excluding hydrogens is 346 g/mol. The van der Waals surface area contributed by atoms with E-state index in [4.69, 9.17) is 4.74 Å². The molecule has 4 rings (SSSR count). The van der Waals surface area contributed by atoms with Gasteiger partial charge in [-0.25, -0.2) is 9.97 Å². The molecule has 1 aliphatic rings. The molecule has 0 spiro atoms. The molecule has 0 unspecified atom stereocenters. The number of hydrogen-bond donors (Lipinski definition) is 0. The van der Waals surface area contributed by atoms with Crippen molar-refractivity contribution in [2.45, 2.75) is 6.54 Å². The number of anilines is 1. The van der Waals surface area contributed by atoms with Crippen LogP contribution in [-0.2, 0) is 6.54 Å². The predicted octanol–water partition coefficient (Wildman–Crippen LogP) is 2.93. The Hall–Kier alpha value is -2.51. The molecule has 1 aromatic carbocycles. The second-order valence-electron chi connectivity index (χ2n) is 6.15. The lowest BCUT2D eigenvalue weighted by atomic mass is 10.2. The molecule has 0 aliphatic carbocycles. The van der Waals surface area contributed by atoms with Gasteiger partial charge in [0.05, 0.1) is 18.5 Å². The van der Waals surface area contributed by atoms with Crippen molar-refractivity contribution in [1.82, 2.24) is 19.9 Å². The largest absolute Gasteiger partial charge is 0.481 e. The monoisotopic (exact) mass is 367 g/mol. The Morgan fingerprint density at radius 1 is 1.04 bits per heavy atom. The molecule has 7 heteroatoms. The highest BCUT2D eigenvalue weighted by Crippen LogP contribution is 2.26. The summed E-state index contributed by atoms with van der Waals surface area (Å²) < 4.78 is 5.19. The number of aromatic nitrogens is 3. The van der Waals surface area contributed by atoms with Gasteiger partial charge in [-0.05, 0) is 5.56 Å². The average molecular weight is 367 g/mol. The van der Waals surface area contributed by atoms with Crippen LogP contribution in [0.3, 0.4) is 0 Å². The number of nitrogens with zero attached hydrogens (tertiary/aromatic N) is 5. The van der Waals surface area contributed by atoms with E-state index >= 15 is 0 Å². The fourth-order valence-electron chi connectivity index (χ4n) is 3.01. The van der Waals surface area contributed by atoms with E-state index in [2.05, 4.69) is 49.0 Å². The highest BCUT2D eigenvalue weighted by molar-refractivity contribution is 7.15. The molecule has 0 atom stereocenters. The van der Waals surface area contributed by atoms with Gasteiger partial charge in [0.25, 0.3) is 0 Å². The van der Waals surface area contributed by atoms with Crippen molar-refractivity contribution >= 4 is 17.3 Å². The second kappa shape index (κ2) is 7.80. The van der Waals surface area contributed by atoms with E-state index in [0.29, 0.717) is 5.88 Å². The number of methoxy groups -OCH3 is 1. The van der Waals surface area contributed by atoms with Gasteiger partial charge >= 0.3 is 0 Å². The van der Waals surface area contributed by atoms with Gasteiger partial charge in [-0.3, -0.25) is 4.90 Å². The first kappa shape index (κ1) is 16.9. The van der Waals surface area contributed by atoms with Crippen LogP contribution in [0.25, 0.3) is 10.4 Å². The van der Waals surface area contributed by atoms with E-state index in [-0.39, 0.29) is 0 Å². The Kier molecular flexibility index (Phi) is 5.08. The van der Waals surface area contributed by atoms with Gasteiger partial charge in [-0.1, -0.05) is 30.3 Å². The lowest BCUT2D eigenvalue weighted by molar-refractivity contribution is 0.248. The highest BCUT2D eigenvalue weighted by Gasteiger charge is 2.20. The summed E-state index contributed by atoms with van der Waals surface area (Å²) in [5, 5.41) is 1.16. The van der Waals surface area contributed by atoms with Gasteiger partial charge in [0, 0.05) is 44.6 Å². The van der Waals surface area contributed by atoms with Gasteiger partial charge in [0.15, 0.2) is 0 Å². The van der Waals surface area contributed by atoms with E-state index in [1.54, 1.807) is 30.7 Å². The highest BCUT2D eigenvalue weighted by atomic mass is 32.1. The van der Waals surface area contributed by atoms with Gasteiger partial charge in [-0.2, -0.15) is 4.98 Å². The number of benzene rings is 1. The Bertz CT molecular complexity index is 846. The van der Waals surface area contributed by atoms with E-state index in [1.165, 1.54) is 10.4 Å². The van der Waals surface area contributed by atoms with Crippen LogP contribution in [0.15, 0.2) is 48.8 Å². The zero-order valence-electron chi connectivity index (χ0n) is 14.7. The van der Waals surface area contributed by atoms with E-state index < -0.39 is 0 Å². The number of rotatable bonds is 5. The van der Waals surface area contributed by atoms with E-state index in [9.17, 15) is 0 Å². The summed E-state index contributed by atoms with van der Waals surface area (Å²) in [6.45, 7) is 4.65. The number of thiazole rings is 1. The molecule has 134 valence electrons. The Labute approximate surface area is 157 Å². The third-order valence-corrected chi connectivity index (χ3v) is 5.48. The normalized spacial score (nSPS) is 15.2. The lowest BCUT2D eigenvalue weighted by Gasteiger charge is -2.34. The number of hydrogen-bond acceptors (Lipinski definition) is 7. The van der Waals surface area contributed by atoms with Crippen LogP contribution in [-0.4, -0.2) is 53.1 Å². The number of ether oxygens (including phenoxy) is 1. The van der Waals surface area contributed by atoms with Crippen molar-refractivity contribution in [3.05, 3.63) is 53.8 Å². The SMILES string of the molecule is COc1ccnc(N2CCN(Cc3ncc(-c4ccccc4)s3)CC2)n1. The fraction of sp³-hybridized carbons (Fsp3) is 0.316.